The van der Waals surface area contributed by atoms with Gasteiger partial charge in [-0.1, -0.05) is 12.1 Å². The summed E-state index contributed by atoms with van der Waals surface area (Å²) in [5, 5.41) is 13.6. The van der Waals surface area contributed by atoms with E-state index in [2.05, 4.69) is 34.5 Å². The quantitative estimate of drug-likeness (QED) is 0.484. The molecule has 0 spiro atoms. The van der Waals surface area contributed by atoms with Gasteiger partial charge in [-0.15, -0.1) is 0 Å². The van der Waals surface area contributed by atoms with E-state index in [4.69, 9.17) is 0 Å². The molecule has 1 N–H and O–H groups in total. The molecule has 168 valence electrons. The first-order valence-corrected chi connectivity index (χ1v) is 11.4. The fraction of sp³-hybridized carbons (Fsp3) is 0.222. The van der Waals surface area contributed by atoms with Crippen molar-refractivity contribution in [3.05, 3.63) is 65.5 Å². The highest BCUT2D eigenvalue weighted by molar-refractivity contribution is 6.50. The summed E-state index contributed by atoms with van der Waals surface area (Å²) in [6.45, 7) is 2.12. The van der Waals surface area contributed by atoms with Gasteiger partial charge in [-0.05, 0) is 37.1 Å². The van der Waals surface area contributed by atoms with Gasteiger partial charge >= 0.3 is 0 Å². The summed E-state index contributed by atoms with van der Waals surface area (Å²) in [6.07, 6.45) is 6.20. The molecule has 2 aliphatic heterocycles. The van der Waals surface area contributed by atoms with Gasteiger partial charge < -0.3 is 14.0 Å². The van der Waals surface area contributed by atoms with Crippen molar-refractivity contribution < 1.29 is 9.59 Å². The van der Waals surface area contributed by atoms with Crippen LogP contribution in [-0.4, -0.2) is 34.0 Å². The lowest BCUT2D eigenvalue weighted by molar-refractivity contribution is -0.122. The Labute approximate surface area is 196 Å². The van der Waals surface area contributed by atoms with Gasteiger partial charge in [-0.3, -0.25) is 14.9 Å². The Morgan fingerprint density at radius 3 is 1.97 bits per heavy atom. The van der Waals surface area contributed by atoms with Crippen molar-refractivity contribution in [1.29, 1.82) is 5.26 Å². The Hall–Kier alpha value is -4.31. The predicted molar refractivity (Wildman–Crippen MR) is 132 cm³/mol. The van der Waals surface area contributed by atoms with E-state index in [0.717, 1.165) is 40.5 Å². The SMILES string of the molecule is Cn1cc(C2=C(c3cn(C)c4cc(N5CCCC5)ccc34)C(=O)NC2=O)c2ccc(C#N)cc21. The van der Waals surface area contributed by atoms with Gasteiger partial charge in [0.2, 0.25) is 0 Å². The van der Waals surface area contributed by atoms with E-state index in [1.807, 2.05) is 41.7 Å². The molecule has 2 aromatic carbocycles. The highest BCUT2D eigenvalue weighted by Crippen LogP contribution is 2.39. The summed E-state index contributed by atoms with van der Waals surface area (Å²) >= 11 is 0. The number of hydrogen-bond acceptors (Lipinski definition) is 4. The summed E-state index contributed by atoms with van der Waals surface area (Å²) in [7, 11) is 3.84. The van der Waals surface area contributed by atoms with E-state index < -0.39 is 5.91 Å². The van der Waals surface area contributed by atoms with E-state index in [1.54, 1.807) is 12.1 Å². The molecule has 0 unspecified atom stereocenters. The number of benzene rings is 2. The number of rotatable bonds is 3. The van der Waals surface area contributed by atoms with Crippen molar-refractivity contribution in [1.82, 2.24) is 14.5 Å². The Morgan fingerprint density at radius 1 is 0.824 bits per heavy atom. The normalized spacial score (nSPS) is 16.2. The largest absolute Gasteiger partial charge is 0.371 e. The second kappa shape index (κ2) is 7.35. The fourth-order valence-electron chi connectivity index (χ4n) is 5.37. The first kappa shape index (κ1) is 20.3. The lowest BCUT2D eigenvalue weighted by Gasteiger charge is -2.17. The molecule has 0 saturated carbocycles. The van der Waals surface area contributed by atoms with Crippen molar-refractivity contribution in [3.8, 4) is 6.07 Å². The molecule has 0 aliphatic carbocycles. The van der Waals surface area contributed by atoms with E-state index in [9.17, 15) is 14.9 Å². The Kier molecular flexibility index (Phi) is 4.39. The summed E-state index contributed by atoms with van der Waals surface area (Å²) in [5.74, 6) is -0.788. The third kappa shape index (κ3) is 2.88. The monoisotopic (exact) mass is 449 g/mol. The minimum absolute atomic E-state index is 0.372. The van der Waals surface area contributed by atoms with Gasteiger partial charge in [0, 0.05) is 72.7 Å². The van der Waals surface area contributed by atoms with Crippen LogP contribution in [-0.2, 0) is 23.7 Å². The van der Waals surface area contributed by atoms with Gasteiger partial charge in [0.1, 0.15) is 0 Å². The molecule has 7 nitrogen and oxygen atoms in total. The number of aryl methyl sites for hydroxylation is 2. The number of nitrogens with zero attached hydrogens (tertiary/aromatic N) is 4. The Bertz CT molecular complexity index is 1610. The van der Waals surface area contributed by atoms with E-state index in [0.29, 0.717) is 22.3 Å². The van der Waals surface area contributed by atoms with Crippen LogP contribution < -0.4 is 10.2 Å². The molecule has 2 aromatic heterocycles. The van der Waals surface area contributed by atoms with Gasteiger partial charge in [0.05, 0.1) is 28.3 Å². The molecule has 1 fully saturated rings. The second-order valence-corrected chi connectivity index (χ2v) is 9.08. The van der Waals surface area contributed by atoms with Gasteiger partial charge in [0.25, 0.3) is 11.8 Å². The third-order valence-electron chi connectivity index (χ3n) is 7.04. The lowest BCUT2D eigenvalue weighted by atomic mass is 9.95. The topological polar surface area (TPSA) is 83.1 Å². The third-order valence-corrected chi connectivity index (χ3v) is 7.04. The zero-order valence-corrected chi connectivity index (χ0v) is 19.1. The Morgan fingerprint density at radius 2 is 1.38 bits per heavy atom. The molecule has 4 heterocycles. The molecule has 34 heavy (non-hydrogen) atoms. The first-order valence-electron chi connectivity index (χ1n) is 11.4. The molecule has 2 aliphatic rings. The van der Waals surface area contributed by atoms with Crippen molar-refractivity contribution >= 4 is 50.5 Å². The molecule has 0 atom stereocenters. The summed E-state index contributed by atoms with van der Waals surface area (Å²) in [5.41, 5.74) is 5.78. The van der Waals surface area contributed by atoms with Crippen LogP contribution in [0.5, 0.6) is 0 Å². The fourth-order valence-corrected chi connectivity index (χ4v) is 5.37. The molecule has 7 heteroatoms. The number of carbonyl (C=O) groups excluding carboxylic acids is 2. The summed E-state index contributed by atoms with van der Waals surface area (Å²) in [4.78, 5) is 28.5. The molecule has 0 bridgehead atoms. The van der Waals surface area contributed by atoms with Gasteiger partial charge in [-0.25, -0.2) is 0 Å². The smallest absolute Gasteiger partial charge is 0.259 e. The van der Waals surface area contributed by atoms with Crippen molar-refractivity contribution in [2.45, 2.75) is 12.8 Å². The van der Waals surface area contributed by atoms with Crippen LogP contribution in [0.4, 0.5) is 5.69 Å². The molecular formula is C27H23N5O2. The van der Waals surface area contributed by atoms with Crippen LogP contribution in [0.3, 0.4) is 0 Å². The number of aromatic nitrogens is 2. The van der Waals surface area contributed by atoms with Crippen molar-refractivity contribution in [2.75, 3.05) is 18.0 Å². The van der Waals surface area contributed by atoms with E-state index in [1.165, 1.54) is 18.5 Å². The lowest BCUT2D eigenvalue weighted by Crippen LogP contribution is -2.22. The predicted octanol–water partition coefficient (Wildman–Crippen LogP) is 3.71. The van der Waals surface area contributed by atoms with Crippen molar-refractivity contribution in [2.24, 2.45) is 14.1 Å². The van der Waals surface area contributed by atoms with Crippen molar-refractivity contribution in [3.63, 3.8) is 0 Å². The van der Waals surface area contributed by atoms with E-state index >= 15 is 0 Å². The molecule has 1 saturated heterocycles. The van der Waals surface area contributed by atoms with Crippen LogP contribution in [0.15, 0.2) is 48.8 Å². The molecule has 4 aromatic rings. The molecule has 0 radical (unpaired) electrons. The number of nitriles is 1. The van der Waals surface area contributed by atoms with Crippen LogP contribution in [0.2, 0.25) is 0 Å². The molecular weight excluding hydrogens is 426 g/mol. The maximum absolute atomic E-state index is 13.1. The number of fused-ring (bicyclic) bond motifs is 2. The van der Waals surface area contributed by atoms with Crippen LogP contribution in [0.1, 0.15) is 29.5 Å². The zero-order chi connectivity index (χ0) is 23.6. The Balaban J connectivity index is 1.58. The molecule has 6 rings (SSSR count). The number of nitrogens with one attached hydrogen (secondary N) is 1. The minimum atomic E-state index is -0.400. The summed E-state index contributed by atoms with van der Waals surface area (Å²) in [6, 6.07) is 13.9. The molecule has 2 amide bonds. The maximum atomic E-state index is 13.1. The van der Waals surface area contributed by atoms with Gasteiger partial charge in [0.15, 0.2) is 0 Å². The number of amides is 2. The number of anilines is 1. The van der Waals surface area contributed by atoms with Crippen LogP contribution in [0.25, 0.3) is 33.0 Å². The number of carbonyl (C=O) groups is 2. The maximum Gasteiger partial charge on any atom is 0.259 e. The number of hydrogen-bond donors (Lipinski definition) is 1. The average molecular weight is 450 g/mol. The number of imide groups is 1. The zero-order valence-electron chi connectivity index (χ0n) is 19.1. The standard InChI is InChI=1S/C27H23N5O2/c1-30-14-20(18-7-5-16(13-28)11-22(18)30)24-25(27(34)29-26(24)33)21-15-31(2)23-12-17(6-8-19(21)23)32-9-3-4-10-32/h5-8,11-12,14-15H,3-4,9-10H2,1-2H3,(H,29,33,34). The first-order chi connectivity index (χ1) is 16.5. The highest BCUT2D eigenvalue weighted by Gasteiger charge is 2.35. The summed E-state index contributed by atoms with van der Waals surface area (Å²) < 4.78 is 3.91. The van der Waals surface area contributed by atoms with Gasteiger partial charge in [-0.2, -0.15) is 5.26 Å². The average Bonchev–Trinajstić information content (AvgIpc) is 3.60. The highest BCUT2D eigenvalue weighted by atomic mass is 16.2. The van der Waals surface area contributed by atoms with E-state index in [-0.39, 0.29) is 5.91 Å². The minimum Gasteiger partial charge on any atom is -0.371 e. The second-order valence-electron chi connectivity index (χ2n) is 9.08. The van der Waals surface area contributed by atoms with Crippen LogP contribution >= 0.6 is 0 Å². The van der Waals surface area contributed by atoms with Crippen LogP contribution in [0, 0.1) is 11.3 Å².